The van der Waals surface area contributed by atoms with Gasteiger partial charge in [-0.25, -0.2) is 4.98 Å². The van der Waals surface area contributed by atoms with Crippen LogP contribution in [0.4, 0.5) is 0 Å². The van der Waals surface area contributed by atoms with Crippen molar-refractivity contribution < 1.29 is 9.53 Å². The average Bonchev–Trinajstić information content (AvgIpc) is 3.00. The molecular weight excluding hydrogens is 254 g/mol. The Hall–Kier alpha value is -2.30. The summed E-state index contributed by atoms with van der Waals surface area (Å²) in [6.45, 7) is 1.79. The van der Waals surface area contributed by atoms with Gasteiger partial charge in [0.25, 0.3) is 0 Å². The summed E-state index contributed by atoms with van der Waals surface area (Å²) in [5.41, 5.74) is 1.11. The van der Waals surface area contributed by atoms with Crippen molar-refractivity contribution in [3.05, 3.63) is 48.5 Å². The molecular formula is C15H17N3O2. The predicted molar refractivity (Wildman–Crippen MR) is 74.4 cm³/mol. The van der Waals surface area contributed by atoms with E-state index in [0.717, 1.165) is 24.3 Å². The molecule has 1 atom stereocenters. The predicted octanol–water partition coefficient (Wildman–Crippen LogP) is 1.25. The number of rotatable bonds is 4. The van der Waals surface area contributed by atoms with E-state index in [1.165, 1.54) is 0 Å². The molecule has 104 valence electrons. The van der Waals surface area contributed by atoms with Gasteiger partial charge in [-0.05, 0) is 18.1 Å². The summed E-state index contributed by atoms with van der Waals surface area (Å²) in [6, 6.07) is 7.88. The zero-order valence-corrected chi connectivity index (χ0v) is 11.2. The van der Waals surface area contributed by atoms with E-state index in [1.807, 2.05) is 35.0 Å². The van der Waals surface area contributed by atoms with Gasteiger partial charge < -0.3 is 14.6 Å². The van der Waals surface area contributed by atoms with Crippen molar-refractivity contribution in [3.63, 3.8) is 0 Å². The van der Waals surface area contributed by atoms with Crippen molar-refractivity contribution in [1.29, 1.82) is 0 Å². The Labute approximate surface area is 117 Å². The number of nitrogens with one attached hydrogen (secondary N) is 1. The highest BCUT2D eigenvalue weighted by molar-refractivity contribution is 5.79. The summed E-state index contributed by atoms with van der Waals surface area (Å²) < 4.78 is 7.57. The van der Waals surface area contributed by atoms with E-state index in [-0.39, 0.29) is 11.8 Å². The molecule has 5 heteroatoms. The molecule has 1 amide bonds. The molecule has 1 aliphatic heterocycles. The number of amides is 1. The first-order chi connectivity index (χ1) is 9.83. The van der Waals surface area contributed by atoms with E-state index < -0.39 is 0 Å². The van der Waals surface area contributed by atoms with Gasteiger partial charge in [-0.15, -0.1) is 0 Å². The van der Waals surface area contributed by atoms with Crippen molar-refractivity contribution in [1.82, 2.24) is 14.9 Å². The van der Waals surface area contributed by atoms with Crippen LogP contribution >= 0.6 is 0 Å². The number of carbonyl (C=O) groups is 1. The third kappa shape index (κ3) is 2.82. The third-order valence-corrected chi connectivity index (χ3v) is 3.48. The molecule has 1 aliphatic rings. The van der Waals surface area contributed by atoms with Crippen molar-refractivity contribution in [2.24, 2.45) is 5.92 Å². The van der Waals surface area contributed by atoms with Crippen LogP contribution in [0.15, 0.2) is 43.0 Å². The quantitative estimate of drug-likeness (QED) is 0.910. The maximum Gasteiger partial charge on any atom is 0.226 e. The fraction of sp³-hybridized carbons (Fsp3) is 0.333. The number of nitrogens with zero attached hydrogens (tertiary/aromatic N) is 2. The summed E-state index contributed by atoms with van der Waals surface area (Å²) in [4.78, 5) is 16.1. The normalized spacial score (nSPS) is 17.1. The van der Waals surface area contributed by atoms with Crippen LogP contribution in [0.25, 0.3) is 0 Å². The van der Waals surface area contributed by atoms with Crippen LogP contribution in [0, 0.1) is 5.92 Å². The lowest BCUT2D eigenvalue weighted by Crippen LogP contribution is -2.38. The Bertz CT molecular complexity index is 581. The van der Waals surface area contributed by atoms with Gasteiger partial charge in [-0.3, -0.25) is 4.79 Å². The highest BCUT2D eigenvalue weighted by Crippen LogP contribution is 2.26. The lowest BCUT2D eigenvalue weighted by Gasteiger charge is -2.24. The van der Waals surface area contributed by atoms with E-state index in [9.17, 15) is 4.79 Å². The molecule has 0 unspecified atom stereocenters. The molecule has 1 aromatic heterocycles. The van der Waals surface area contributed by atoms with Crippen molar-refractivity contribution in [2.75, 3.05) is 13.2 Å². The second-order valence-corrected chi connectivity index (χ2v) is 4.91. The molecule has 0 spiro atoms. The van der Waals surface area contributed by atoms with Crippen LogP contribution in [-0.2, 0) is 17.8 Å². The Morgan fingerprint density at radius 1 is 1.45 bits per heavy atom. The number of fused-ring (bicyclic) bond motifs is 1. The number of imidazole rings is 1. The zero-order chi connectivity index (χ0) is 13.8. The van der Waals surface area contributed by atoms with Gasteiger partial charge in [0, 0.05) is 25.5 Å². The van der Waals surface area contributed by atoms with E-state index in [2.05, 4.69) is 10.3 Å². The van der Waals surface area contributed by atoms with Crippen LogP contribution in [0.1, 0.15) is 5.56 Å². The van der Waals surface area contributed by atoms with Crippen LogP contribution in [0.5, 0.6) is 5.75 Å². The average molecular weight is 271 g/mol. The van der Waals surface area contributed by atoms with Crippen molar-refractivity contribution in [3.8, 4) is 5.75 Å². The van der Waals surface area contributed by atoms with Gasteiger partial charge in [-0.2, -0.15) is 0 Å². The van der Waals surface area contributed by atoms with Gasteiger partial charge in [0.05, 0.1) is 12.2 Å². The lowest BCUT2D eigenvalue weighted by atomic mass is 9.96. The molecule has 5 nitrogen and oxygen atoms in total. The van der Waals surface area contributed by atoms with Gasteiger partial charge in [0.15, 0.2) is 0 Å². The number of ether oxygens (including phenoxy) is 1. The lowest BCUT2D eigenvalue weighted by molar-refractivity contribution is -0.126. The van der Waals surface area contributed by atoms with E-state index in [4.69, 9.17) is 4.74 Å². The molecule has 2 heterocycles. The Morgan fingerprint density at radius 2 is 2.35 bits per heavy atom. The summed E-state index contributed by atoms with van der Waals surface area (Å²) in [7, 11) is 0. The number of para-hydroxylation sites is 1. The van der Waals surface area contributed by atoms with Crippen molar-refractivity contribution >= 4 is 5.91 Å². The number of benzene rings is 1. The van der Waals surface area contributed by atoms with Gasteiger partial charge >= 0.3 is 0 Å². The molecule has 2 aromatic rings. The van der Waals surface area contributed by atoms with Crippen molar-refractivity contribution in [2.45, 2.75) is 13.0 Å². The molecule has 0 saturated carbocycles. The van der Waals surface area contributed by atoms with Gasteiger partial charge in [0.2, 0.25) is 5.91 Å². The molecule has 0 bridgehead atoms. The maximum absolute atomic E-state index is 12.1. The highest BCUT2D eigenvalue weighted by Gasteiger charge is 2.25. The van der Waals surface area contributed by atoms with Gasteiger partial charge in [0.1, 0.15) is 12.4 Å². The monoisotopic (exact) mass is 271 g/mol. The van der Waals surface area contributed by atoms with Crippen LogP contribution < -0.4 is 10.1 Å². The topological polar surface area (TPSA) is 56.2 Å². The van der Waals surface area contributed by atoms with E-state index in [1.54, 1.807) is 12.5 Å². The van der Waals surface area contributed by atoms with Crippen LogP contribution in [-0.4, -0.2) is 28.6 Å². The highest BCUT2D eigenvalue weighted by atomic mass is 16.5. The summed E-state index contributed by atoms with van der Waals surface area (Å²) in [6.07, 6.45) is 6.10. The minimum Gasteiger partial charge on any atom is -0.492 e. The minimum atomic E-state index is -0.104. The van der Waals surface area contributed by atoms with E-state index in [0.29, 0.717) is 13.2 Å². The fourth-order valence-electron chi connectivity index (χ4n) is 2.37. The molecule has 0 saturated heterocycles. The largest absolute Gasteiger partial charge is 0.492 e. The Kier molecular flexibility index (Phi) is 3.67. The zero-order valence-electron chi connectivity index (χ0n) is 11.2. The summed E-state index contributed by atoms with van der Waals surface area (Å²) in [5.74, 6) is 0.849. The van der Waals surface area contributed by atoms with Crippen LogP contribution in [0.2, 0.25) is 0 Å². The first-order valence-electron chi connectivity index (χ1n) is 6.77. The maximum atomic E-state index is 12.1. The number of hydrogen-bond acceptors (Lipinski definition) is 3. The number of aromatic nitrogens is 2. The third-order valence-electron chi connectivity index (χ3n) is 3.48. The molecule has 0 fully saturated rings. The van der Waals surface area contributed by atoms with E-state index >= 15 is 0 Å². The molecule has 1 aromatic carbocycles. The second-order valence-electron chi connectivity index (χ2n) is 4.91. The molecule has 20 heavy (non-hydrogen) atoms. The standard InChI is InChI=1S/C15H17N3O2/c19-15(17-6-8-18-7-5-16-11-18)13-9-12-3-1-2-4-14(12)20-10-13/h1-5,7,11,13H,6,8-10H2,(H,17,19)/t13-/m0/s1. The second kappa shape index (κ2) is 5.77. The van der Waals surface area contributed by atoms with Gasteiger partial charge in [-0.1, -0.05) is 18.2 Å². The first kappa shape index (κ1) is 12.7. The first-order valence-corrected chi connectivity index (χ1v) is 6.77. The number of carbonyl (C=O) groups excluding carboxylic acids is 1. The smallest absolute Gasteiger partial charge is 0.226 e. The fourth-order valence-corrected chi connectivity index (χ4v) is 2.37. The molecule has 0 aliphatic carbocycles. The molecule has 3 rings (SSSR count). The minimum absolute atomic E-state index is 0.0552. The number of hydrogen-bond donors (Lipinski definition) is 1. The molecule has 1 N–H and O–H groups in total. The summed E-state index contributed by atoms with van der Waals surface area (Å²) >= 11 is 0. The Morgan fingerprint density at radius 3 is 3.20 bits per heavy atom. The van der Waals surface area contributed by atoms with Crippen LogP contribution in [0.3, 0.4) is 0 Å². The summed E-state index contributed by atoms with van der Waals surface area (Å²) in [5, 5.41) is 2.95. The molecule has 0 radical (unpaired) electrons. The Balaban J connectivity index is 1.51. The SMILES string of the molecule is O=C(NCCn1ccnc1)[C@@H]1COc2ccccc2C1.